The molecule has 0 saturated carbocycles. The van der Waals surface area contributed by atoms with E-state index in [4.69, 9.17) is 18.9 Å². The third-order valence-electron chi connectivity index (χ3n) is 3.58. The van der Waals surface area contributed by atoms with Crippen molar-refractivity contribution in [1.82, 2.24) is 9.80 Å². The zero-order valence-electron chi connectivity index (χ0n) is 23.6. The maximum atomic E-state index is 15.3. The smallest absolute Gasteiger partial charge is 0.420 e. The molecule has 36 heavy (non-hydrogen) atoms. The van der Waals surface area contributed by atoms with Gasteiger partial charge in [-0.15, -0.1) is 0 Å². The molecule has 1 unspecified atom stereocenters. The van der Waals surface area contributed by atoms with Gasteiger partial charge in [0, 0.05) is 0 Å². The van der Waals surface area contributed by atoms with Crippen molar-refractivity contribution in [1.29, 1.82) is 0 Å². The minimum Gasteiger partial charge on any atom is -0.456 e. The van der Waals surface area contributed by atoms with E-state index in [1.165, 1.54) is 83.1 Å². The second-order valence-electron chi connectivity index (χ2n) is 12.1. The maximum absolute atomic E-state index is 15.3. The van der Waals surface area contributed by atoms with Crippen molar-refractivity contribution in [3.63, 3.8) is 0 Å². The highest BCUT2D eigenvalue weighted by Crippen LogP contribution is 2.22. The number of hydrogen-bond donors (Lipinski definition) is 0. The SMILES string of the molecule is C[C@@H](C(=O)N(C(=O)OC(C)(C)C)C(F)C(=O)OC(C)(C)C)N(C(=O)OC(C)(C)C)C(=O)OC(C)(C)C. The molecule has 12 heteroatoms. The summed E-state index contributed by atoms with van der Waals surface area (Å²) in [6.45, 7) is 19.0. The molecule has 0 saturated heterocycles. The van der Waals surface area contributed by atoms with Crippen LogP contribution in [0, 0.1) is 0 Å². The minimum atomic E-state index is -2.94. The largest absolute Gasteiger partial charge is 0.456 e. The molecule has 0 spiro atoms. The van der Waals surface area contributed by atoms with Crippen LogP contribution in [0.1, 0.15) is 90.0 Å². The molecule has 0 aliphatic rings. The van der Waals surface area contributed by atoms with E-state index in [-0.39, 0.29) is 4.90 Å². The van der Waals surface area contributed by atoms with Gasteiger partial charge in [-0.05, 0) is 90.0 Å². The van der Waals surface area contributed by atoms with Crippen molar-refractivity contribution in [3.8, 4) is 0 Å². The third-order valence-corrected chi connectivity index (χ3v) is 3.58. The Bertz CT molecular complexity index is 818. The first-order valence-corrected chi connectivity index (χ1v) is 11.4. The highest BCUT2D eigenvalue weighted by atomic mass is 19.1. The molecule has 0 aliphatic heterocycles. The van der Waals surface area contributed by atoms with E-state index in [0.717, 1.165) is 6.92 Å². The molecule has 0 N–H and O–H groups in total. The molecule has 0 heterocycles. The topological polar surface area (TPSA) is 129 Å². The molecule has 0 aromatic heterocycles. The molecule has 0 rings (SSSR count). The van der Waals surface area contributed by atoms with E-state index in [1.807, 2.05) is 0 Å². The number of ether oxygens (including phenoxy) is 4. The summed E-state index contributed by atoms with van der Waals surface area (Å²) in [5.41, 5.74) is -4.48. The predicted octanol–water partition coefficient (Wildman–Crippen LogP) is 4.95. The normalized spacial score (nSPS) is 14.2. The molecule has 208 valence electrons. The number of hydrogen-bond acceptors (Lipinski definition) is 9. The van der Waals surface area contributed by atoms with E-state index in [2.05, 4.69) is 0 Å². The van der Waals surface area contributed by atoms with Gasteiger partial charge in [0.05, 0.1) is 0 Å². The summed E-state index contributed by atoms with van der Waals surface area (Å²) >= 11 is 0. The number of nitrogens with zero attached hydrogens (tertiary/aromatic N) is 2. The van der Waals surface area contributed by atoms with Crippen LogP contribution in [0.3, 0.4) is 0 Å². The molecule has 0 aromatic rings. The Morgan fingerprint density at radius 1 is 0.556 bits per heavy atom. The van der Waals surface area contributed by atoms with Crippen LogP contribution in [0.25, 0.3) is 0 Å². The summed E-state index contributed by atoms with van der Waals surface area (Å²) in [6.07, 6.45) is -7.02. The van der Waals surface area contributed by atoms with Crippen LogP contribution in [-0.2, 0) is 28.5 Å². The van der Waals surface area contributed by atoms with Crippen molar-refractivity contribution in [2.24, 2.45) is 0 Å². The van der Waals surface area contributed by atoms with Gasteiger partial charge in [-0.2, -0.15) is 4.90 Å². The number of imide groups is 2. The molecule has 0 radical (unpaired) electrons. The number of esters is 1. The highest BCUT2D eigenvalue weighted by Gasteiger charge is 2.46. The predicted molar refractivity (Wildman–Crippen MR) is 128 cm³/mol. The van der Waals surface area contributed by atoms with Crippen molar-refractivity contribution < 1.29 is 47.3 Å². The fourth-order valence-corrected chi connectivity index (χ4v) is 2.39. The van der Waals surface area contributed by atoms with Gasteiger partial charge in [-0.3, -0.25) is 4.79 Å². The summed E-state index contributed by atoms with van der Waals surface area (Å²) in [4.78, 5) is 64.5. The van der Waals surface area contributed by atoms with Crippen LogP contribution < -0.4 is 0 Å². The summed E-state index contributed by atoms with van der Waals surface area (Å²) in [5, 5.41) is 0. The third kappa shape index (κ3) is 11.7. The molecule has 0 aliphatic carbocycles. The van der Waals surface area contributed by atoms with Gasteiger partial charge in [0.2, 0.25) is 0 Å². The van der Waals surface area contributed by atoms with Crippen LogP contribution >= 0.6 is 0 Å². The lowest BCUT2D eigenvalue weighted by molar-refractivity contribution is -0.172. The standard InChI is InChI=1S/C24H41FN2O9/c1-14(26(18(30)34-22(5,6)7)19(31)35-23(8,9)10)16(28)27(20(32)36-24(11,12)13)15(25)17(29)33-21(2,3)4/h14-15H,1-13H3/t14-,15?/m0/s1. The van der Waals surface area contributed by atoms with Gasteiger partial charge in [-0.1, -0.05) is 0 Å². The molecule has 0 fully saturated rings. The molecule has 2 atom stereocenters. The van der Waals surface area contributed by atoms with Crippen molar-refractivity contribution in [3.05, 3.63) is 0 Å². The van der Waals surface area contributed by atoms with Crippen molar-refractivity contribution in [2.75, 3.05) is 0 Å². The van der Waals surface area contributed by atoms with Gasteiger partial charge in [0.25, 0.3) is 12.2 Å². The first-order valence-electron chi connectivity index (χ1n) is 11.4. The zero-order valence-corrected chi connectivity index (χ0v) is 23.6. The van der Waals surface area contributed by atoms with E-state index < -0.39 is 64.9 Å². The Kier molecular flexibility index (Phi) is 10.5. The number of alkyl halides is 1. The molecular formula is C24H41FN2O9. The molecule has 0 bridgehead atoms. The number of carbonyl (C=O) groups excluding carboxylic acids is 5. The Balaban J connectivity index is 6.50. The van der Waals surface area contributed by atoms with Crippen LogP contribution in [0.4, 0.5) is 18.8 Å². The summed E-state index contributed by atoms with van der Waals surface area (Å²) < 4.78 is 35.8. The average Bonchev–Trinajstić information content (AvgIpc) is 2.55. The van der Waals surface area contributed by atoms with Crippen LogP contribution in [-0.4, -0.2) is 74.7 Å². The van der Waals surface area contributed by atoms with E-state index in [9.17, 15) is 24.0 Å². The number of carbonyl (C=O) groups is 5. The van der Waals surface area contributed by atoms with Crippen LogP contribution in [0.5, 0.6) is 0 Å². The summed E-state index contributed by atoms with van der Waals surface area (Å²) in [6, 6.07) is -1.84. The van der Waals surface area contributed by atoms with Gasteiger partial charge >= 0.3 is 24.2 Å². The van der Waals surface area contributed by atoms with Crippen molar-refractivity contribution in [2.45, 2.75) is 125 Å². The fourth-order valence-electron chi connectivity index (χ4n) is 2.39. The molecular weight excluding hydrogens is 479 g/mol. The lowest BCUT2D eigenvalue weighted by atomic mass is 10.2. The highest BCUT2D eigenvalue weighted by molar-refractivity contribution is 6.02. The summed E-state index contributed by atoms with van der Waals surface area (Å²) in [5.74, 6) is -2.99. The zero-order chi connectivity index (χ0) is 29.0. The van der Waals surface area contributed by atoms with Crippen LogP contribution in [0.15, 0.2) is 0 Å². The lowest BCUT2D eigenvalue weighted by Gasteiger charge is -2.34. The monoisotopic (exact) mass is 520 g/mol. The van der Waals surface area contributed by atoms with E-state index >= 15 is 4.39 Å². The molecule has 0 aromatic carbocycles. The minimum absolute atomic E-state index is 0.133. The Morgan fingerprint density at radius 3 is 1.11 bits per heavy atom. The van der Waals surface area contributed by atoms with Gasteiger partial charge in [-0.25, -0.2) is 28.5 Å². The van der Waals surface area contributed by atoms with E-state index in [0.29, 0.717) is 4.90 Å². The van der Waals surface area contributed by atoms with E-state index in [1.54, 1.807) is 0 Å². The first kappa shape index (κ1) is 33.1. The van der Waals surface area contributed by atoms with Crippen molar-refractivity contribution >= 4 is 30.2 Å². The number of amides is 4. The first-order chi connectivity index (χ1) is 15.8. The Labute approximate surface area is 212 Å². The van der Waals surface area contributed by atoms with Gasteiger partial charge in [0.1, 0.15) is 28.4 Å². The van der Waals surface area contributed by atoms with Gasteiger partial charge in [0.15, 0.2) is 0 Å². The fraction of sp³-hybridized carbons (Fsp3) is 0.792. The maximum Gasteiger partial charge on any atom is 0.420 e. The lowest BCUT2D eigenvalue weighted by Crippen LogP contribution is -2.58. The molecule has 4 amide bonds. The Morgan fingerprint density at radius 2 is 0.833 bits per heavy atom. The quantitative estimate of drug-likeness (QED) is 0.287. The summed E-state index contributed by atoms with van der Waals surface area (Å²) in [7, 11) is 0. The Hall–Kier alpha value is -2.92. The second kappa shape index (κ2) is 11.4. The number of halogens is 1. The van der Waals surface area contributed by atoms with Gasteiger partial charge < -0.3 is 18.9 Å². The second-order valence-corrected chi connectivity index (χ2v) is 12.1. The number of rotatable bonds is 4. The average molecular weight is 521 g/mol. The van der Waals surface area contributed by atoms with Crippen LogP contribution in [0.2, 0.25) is 0 Å². The molecule has 11 nitrogen and oxygen atoms in total.